The standard InChI is InChI=1S/C23H33N5OS/c1-17-9-13-27(14-10-17)21(22-6-4-15-30-22)16-25-23(29)8-7-20-18(2)26-28(19(20)3)12-5-11-24/h4,6,15,17,21H,5,7-10,12-14,16H2,1-3H3,(H,25,29). The first kappa shape index (κ1) is 22.5. The summed E-state index contributed by atoms with van der Waals surface area (Å²) < 4.78 is 1.88. The monoisotopic (exact) mass is 427 g/mol. The molecule has 1 aliphatic rings. The third-order valence-corrected chi connectivity index (χ3v) is 7.17. The number of rotatable bonds is 9. The van der Waals surface area contributed by atoms with E-state index in [1.807, 2.05) is 18.5 Å². The molecule has 1 N–H and O–H groups in total. The lowest BCUT2D eigenvalue weighted by atomic mass is 9.97. The van der Waals surface area contributed by atoms with Crippen LogP contribution in [0.3, 0.4) is 0 Å². The number of hydrogen-bond donors (Lipinski definition) is 1. The number of nitrogens with zero attached hydrogens (tertiary/aromatic N) is 4. The summed E-state index contributed by atoms with van der Waals surface area (Å²) in [6, 6.07) is 6.70. The van der Waals surface area contributed by atoms with Crippen LogP contribution in [-0.4, -0.2) is 40.2 Å². The summed E-state index contributed by atoms with van der Waals surface area (Å²) >= 11 is 1.77. The smallest absolute Gasteiger partial charge is 0.220 e. The van der Waals surface area contributed by atoms with Crippen LogP contribution in [0.2, 0.25) is 0 Å². The molecule has 7 heteroatoms. The largest absolute Gasteiger partial charge is 0.354 e. The minimum Gasteiger partial charge on any atom is -0.354 e. The number of aryl methyl sites for hydroxylation is 2. The Kier molecular flexibility index (Phi) is 8.06. The first-order chi connectivity index (χ1) is 14.5. The van der Waals surface area contributed by atoms with E-state index in [-0.39, 0.29) is 11.9 Å². The third kappa shape index (κ3) is 5.71. The van der Waals surface area contributed by atoms with Crippen molar-refractivity contribution in [3.63, 3.8) is 0 Å². The number of carbonyl (C=O) groups is 1. The van der Waals surface area contributed by atoms with Gasteiger partial charge in [-0.1, -0.05) is 13.0 Å². The van der Waals surface area contributed by atoms with E-state index in [0.29, 0.717) is 32.4 Å². The normalized spacial score (nSPS) is 16.3. The van der Waals surface area contributed by atoms with Gasteiger partial charge in [0.1, 0.15) is 0 Å². The first-order valence-electron chi connectivity index (χ1n) is 10.9. The molecule has 162 valence electrons. The van der Waals surface area contributed by atoms with Crippen LogP contribution in [0.5, 0.6) is 0 Å². The molecule has 0 aliphatic carbocycles. The van der Waals surface area contributed by atoms with Gasteiger partial charge in [0.15, 0.2) is 0 Å². The van der Waals surface area contributed by atoms with Crippen molar-refractivity contribution in [2.24, 2.45) is 5.92 Å². The molecule has 2 aromatic rings. The number of nitrogens with one attached hydrogen (secondary N) is 1. The Morgan fingerprint density at radius 2 is 2.17 bits per heavy atom. The van der Waals surface area contributed by atoms with Crippen LogP contribution in [0.15, 0.2) is 17.5 Å². The zero-order valence-electron chi connectivity index (χ0n) is 18.4. The molecule has 1 fully saturated rings. The summed E-state index contributed by atoms with van der Waals surface area (Å²) in [7, 11) is 0. The van der Waals surface area contributed by atoms with Gasteiger partial charge < -0.3 is 5.32 Å². The summed E-state index contributed by atoms with van der Waals surface area (Å²) in [4.78, 5) is 16.5. The van der Waals surface area contributed by atoms with Gasteiger partial charge >= 0.3 is 0 Å². The van der Waals surface area contributed by atoms with E-state index in [0.717, 1.165) is 36.0 Å². The van der Waals surface area contributed by atoms with E-state index in [4.69, 9.17) is 5.26 Å². The summed E-state index contributed by atoms with van der Waals surface area (Å²) in [5.41, 5.74) is 3.15. The predicted octanol–water partition coefficient (Wildman–Crippen LogP) is 4.00. The number of aromatic nitrogens is 2. The Labute approximate surface area is 183 Å². The highest BCUT2D eigenvalue weighted by Crippen LogP contribution is 2.29. The summed E-state index contributed by atoms with van der Waals surface area (Å²) in [5, 5.41) is 18.6. The molecule has 0 aromatic carbocycles. The molecule has 1 unspecified atom stereocenters. The fourth-order valence-corrected chi connectivity index (χ4v) is 5.10. The average Bonchev–Trinajstić information content (AvgIpc) is 3.35. The maximum absolute atomic E-state index is 12.6. The van der Waals surface area contributed by atoms with Gasteiger partial charge in [0.25, 0.3) is 0 Å². The third-order valence-electron chi connectivity index (χ3n) is 6.19. The van der Waals surface area contributed by atoms with E-state index < -0.39 is 0 Å². The van der Waals surface area contributed by atoms with E-state index in [1.54, 1.807) is 11.3 Å². The van der Waals surface area contributed by atoms with E-state index in [9.17, 15) is 4.79 Å². The highest BCUT2D eigenvalue weighted by Gasteiger charge is 2.25. The van der Waals surface area contributed by atoms with Crippen LogP contribution < -0.4 is 5.32 Å². The zero-order chi connectivity index (χ0) is 21.5. The maximum atomic E-state index is 12.6. The minimum atomic E-state index is 0.0884. The lowest BCUT2D eigenvalue weighted by molar-refractivity contribution is -0.121. The highest BCUT2D eigenvalue weighted by atomic mass is 32.1. The predicted molar refractivity (Wildman–Crippen MR) is 120 cm³/mol. The van der Waals surface area contributed by atoms with Crippen molar-refractivity contribution in [1.29, 1.82) is 5.26 Å². The molecule has 0 radical (unpaired) electrons. The zero-order valence-corrected chi connectivity index (χ0v) is 19.2. The van der Waals surface area contributed by atoms with Crippen LogP contribution in [0.25, 0.3) is 0 Å². The van der Waals surface area contributed by atoms with Gasteiger partial charge in [-0.25, -0.2) is 0 Å². The second kappa shape index (κ2) is 10.7. The number of likely N-dealkylation sites (tertiary alicyclic amines) is 1. The first-order valence-corrected chi connectivity index (χ1v) is 11.8. The molecule has 0 saturated carbocycles. The molecule has 3 rings (SSSR count). The summed E-state index contributed by atoms with van der Waals surface area (Å²) in [6.45, 7) is 9.78. The molecule has 1 atom stereocenters. The van der Waals surface area contributed by atoms with Gasteiger partial charge in [-0.15, -0.1) is 11.3 Å². The van der Waals surface area contributed by atoms with Gasteiger partial charge in [0.05, 0.1) is 30.8 Å². The van der Waals surface area contributed by atoms with Gasteiger partial charge in [-0.05, 0) is 69.1 Å². The van der Waals surface area contributed by atoms with Crippen molar-refractivity contribution in [1.82, 2.24) is 20.0 Å². The number of thiophene rings is 1. The van der Waals surface area contributed by atoms with Crippen LogP contribution in [0.1, 0.15) is 60.5 Å². The lowest BCUT2D eigenvalue weighted by Gasteiger charge is -2.36. The van der Waals surface area contributed by atoms with Gasteiger partial charge in [-0.2, -0.15) is 10.4 Å². The van der Waals surface area contributed by atoms with Crippen LogP contribution >= 0.6 is 11.3 Å². The molecule has 6 nitrogen and oxygen atoms in total. The Morgan fingerprint density at radius 3 is 2.83 bits per heavy atom. The van der Waals surface area contributed by atoms with Crippen LogP contribution in [0, 0.1) is 31.1 Å². The molecule has 1 aliphatic heterocycles. The van der Waals surface area contributed by atoms with Crippen LogP contribution in [-0.2, 0) is 17.8 Å². The Bertz CT molecular complexity index is 859. The Morgan fingerprint density at radius 1 is 1.40 bits per heavy atom. The number of hydrogen-bond acceptors (Lipinski definition) is 5. The van der Waals surface area contributed by atoms with Crippen molar-refractivity contribution in [3.05, 3.63) is 39.3 Å². The van der Waals surface area contributed by atoms with Crippen molar-refractivity contribution >= 4 is 17.2 Å². The summed E-state index contributed by atoms with van der Waals surface area (Å²) in [6.07, 6.45) is 4.04. The Hall–Kier alpha value is -2.17. The van der Waals surface area contributed by atoms with E-state index in [1.165, 1.54) is 17.7 Å². The molecule has 30 heavy (non-hydrogen) atoms. The van der Waals surface area contributed by atoms with Crippen molar-refractivity contribution in [2.75, 3.05) is 19.6 Å². The van der Waals surface area contributed by atoms with E-state index >= 15 is 0 Å². The molecule has 3 heterocycles. The molecule has 2 aromatic heterocycles. The summed E-state index contributed by atoms with van der Waals surface area (Å²) in [5.74, 6) is 0.880. The highest BCUT2D eigenvalue weighted by molar-refractivity contribution is 7.10. The minimum absolute atomic E-state index is 0.0884. The van der Waals surface area contributed by atoms with Crippen molar-refractivity contribution in [2.45, 2.75) is 65.5 Å². The maximum Gasteiger partial charge on any atom is 0.220 e. The molecule has 1 amide bonds. The fourth-order valence-electron chi connectivity index (χ4n) is 4.24. The average molecular weight is 428 g/mol. The number of carbonyl (C=O) groups excluding carboxylic acids is 1. The topological polar surface area (TPSA) is 73.9 Å². The molecule has 0 spiro atoms. The van der Waals surface area contributed by atoms with Crippen molar-refractivity contribution < 1.29 is 4.79 Å². The number of amides is 1. The molecular weight excluding hydrogens is 394 g/mol. The molecule has 1 saturated heterocycles. The van der Waals surface area contributed by atoms with Gasteiger partial charge in [0.2, 0.25) is 5.91 Å². The van der Waals surface area contributed by atoms with Gasteiger partial charge in [0, 0.05) is 23.5 Å². The van der Waals surface area contributed by atoms with Gasteiger partial charge in [-0.3, -0.25) is 14.4 Å². The SMILES string of the molecule is Cc1nn(CCC#N)c(C)c1CCC(=O)NCC(c1cccs1)N1CCC(C)CC1. The fraction of sp³-hybridized carbons (Fsp3) is 0.609. The van der Waals surface area contributed by atoms with E-state index in [2.05, 4.69) is 45.8 Å². The molecule has 0 bridgehead atoms. The lowest BCUT2D eigenvalue weighted by Crippen LogP contribution is -2.41. The second-order valence-electron chi connectivity index (χ2n) is 8.33. The Balaban J connectivity index is 1.55. The number of piperidine rings is 1. The van der Waals surface area contributed by atoms with Crippen LogP contribution in [0.4, 0.5) is 0 Å². The quantitative estimate of drug-likeness (QED) is 0.656. The molecular formula is C23H33N5OS. The second-order valence-corrected chi connectivity index (χ2v) is 9.31. The number of nitriles is 1. The van der Waals surface area contributed by atoms with Crippen molar-refractivity contribution in [3.8, 4) is 6.07 Å².